The normalized spacial score (nSPS) is 11.2. The summed E-state index contributed by atoms with van der Waals surface area (Å²) in [5.74, 6) is -1.44. The fourth-order valence-electron chi connectivity index (χ4n) is 0.548. The maximum Gasteiger partial charge on any atom is 0.527 e. The second-order valence-electron chi connectivity index (χ2n) is 1.85. The molecule has 1 heterocycles. The largest absolute Gasteiger partial charge is 0.527 e. The van der Waals surface area contributed by atoms with Gasteiger partial charge in [-0.3, -0.25) is 9.79 Å². The van der Waals surface area contributed by atoms with Gasteiger partial charge >= 0.3 is 13.8 Å². The van der Waals surface area contributed by atoms with Gasteiger partial charge in [-0.2, -0.15) is 0 Å². The first-order valence-electron chi connectivity index (χ1n) is 2.82. The summed E-state index contributed by atoms with van der Waals surface area (Å²) in [4.78, 5) is 27.1. The molecule has 2 N–H and O–H groups in total. The van der Waals surface area contributed by atoms with Crippen molar-refractivity contribution in [3.8, 4) is 0 Å². The lowest BCUT2D eigenvalue weighted by molar-refractivity contribution is 0.0644. The summed E-state index contributed by atoms with van der Waals surface area (Å²) < 4.78 is 18.4. The fourth-order valence-corrected chi connectivity index (χ4v) is 0.854. The highest BCUT2D eigenvalue weighted by Crippen LogP contribution is 2.36. The summed E-state index contributed by atoms with van der Waals surface area (Å²) >= 11 is 0. The molecule has 0 aliphatic heterocycles. The van der Waals surface area contributed by atoms with Gasteiger partial charge in [0.15, 0.2) is 0 Å². The Kier molecular flexibility index (Phi) is 2.32. The molecule has 1 aromatic rings. The van der Waals surface area contributed by atoms with Gasteiger partial charge in [-0.25, -0.2) is 9.36 Å². The average Bonchev–Trinajstić information content (AvgIpc) is 2.32. The van der Waals surface area contributed by atoms with Crippen molar-refractivity contribution in [1.29, 1.82) is 0 Å². The molecule has 1 rings (SSSR count). The molecule has 0 spiro atoms. The van der Waals surface area contributed by atoms with Gasteiger partial charge in [0.25, 0.3) is 0 Å². The summed E-state index contributed by atoms with van der Waals surface area (Å²) in [7, 11) is -4.77. The summed E-state index contributed by atoms with van der Waals surface area (Å²) in [6.07, 6.45) is 1.19. The quantitative estimate of drug-likeness (QED) is 0.663. The molecule has 7 heteroatoms. The first kappa shape index (κ1) is 8.99. The number of hydrogen-bond acceptors (Lipinski definition) is 4. The van der Waals surface area contributed by atoms with Crippen molar-refractivity contribution < 1.29 is 28.1 Å². The highest BCUT2D eigenvalue weighted by atomic mass is 31.2. The Morgan fingerprint density at radius 3 is 2.67 bits per heavy atom. The first-order chi connectivity index (χ1) is 5.49. The topological polar surface area (TPSA) is 97.0 Å². The molecule has 0 aliphatic rings. The molecule has 0 saturated carbocycles. The van der Waals surface area contributed by atoms with E-state index in [1.807, 2.05) is 0 Å². The SMILES string of the molecule is O=C(OP(=O)(O)O)c1ccco1. The lowest BCUT2D eigenvalue weighted by Gasteiger charge is -2.01. The predicted molar refractivity (Wildman–Crippen MR) is 36.2 cm³/mol. The molecule has 0 aromatic carbocycles. The van der Waals surface area contributed by atoms with Crippen LogP contribution in [0.25, 0.3) is 0 Å². The third-order valence-electron chi connectivity index (χ3n) is 0.924. The zero-order chi connectivity index (χ0) is 9.19. The van der Waals surface area contributed by atoms with Gasteiger partial charge in [0.2, 0.25) is 5.76 Å². The smallest absolute Gasteiger partial charge is 0.457 e. The standard InChI is InChI=1S/C5H5O6P/c6-5(11-12(7,8)9)4-2-1-3-10-4/h1-3H,(H2,7,8,9). The van der Waals surface area contributed by atoms with Crippen LogP contribution in [0.4, 0.5) is 0 Å². The minimum Gasteiger partial charge on any atom is -0.457 e. The Morgan fingerprint density at radius 1 is 1.58 bits per heavy atom. The number of phosphoric acid groups is 1. The van der Waals surface area contributed by atoms with E-state index in [1.165, 1.54) is 18.4 Å². The molecular formula is C5H5O6P. The number of furan rings is 1. The number of carbonyl (C=O) groups excluding carboxylic acids is 1. The number of hydrogen-bond donors (Lipinski definition) is 2. The molecule has 12 heavy (non-hydrogen) atoms. The van der Waals surface area contributed by atoms with Crippen LogP contribution in [0.5, 0.6) is 0 Å². The van der Waals surface area contributed by atoms with Gasteiger partial charge in [0.1, 0.15) is 0 Å². The second-order valence-corrected chi connectivity index (χ2v) is 3.01. The van der Waals surface area contributed by atoms with Crippen molar-refractivity contribution in [2.24, 2.45) is 0 Å². The van der Waals surface area contributed by atoms with E-state index in [2.05, 4.69) is 8.94 Å². The number of rotatable bonds is 2. The molecular weight excluding hydrogens is 187 g/mol. The zero-order valence-corrected chi connectivity index (χ0v) is 6.60. The lowest BCUT2D eigenvalue weighted by Crippen LogP contribution is -2.01. The van der Waals surface area contributed by atoms with E-state index >= 15 is 0 Å². The van der Waals surface area contributed by atoms with Crippen LogP contribution in [-0.4, -0.2) is 15.8 Å². The monoisotopic (exact) mass is 192 g/mol. The van der Waals surface area contributed by atoms with Gasteiger partial charge < -0.3 is 8.94 Å². The van der Waals surface area contributed by atoms with E-state index in [0.29, 0.717) is 0 Å². The van der Waals surface area contributed by atoms with E-state index in [9.17, 15) is 9.36 Å². The van der Waals surface area contributed by atoms with E-state index in [1.54, 1.807) is 0 Å². The molecule has 0 saturated heterocycles. The van der Waals surface area contributed by atoms with Gasteiger partial charge in [0.05, 0.1) is 6.26 Å². The third kappa shape index (κ3) is 2.50. The van der Waals surface area contributed by atoms with Gasteiger partial charge in [-0.15, -0.1) is 0 Å². The molecule has 0 amide bonds. The van der Waals surface area contributed by atoms with Gasteiger partial charge in [-0.05, 0) is 12.1 Å². The summed E-state index contributed by atoms with van der Waals surface area (Å²) in [5, 5.41) is 0. The van der Waals surface area contributed by atoms with Crippen LogP contribution in [0, 0.1) is 0 Å². The van der Waals surface area contributed by atoms with Crippen molar-refractivity contribution in [1.82, 2.24) is 0 Å². The summed E-state index contributed by atoms with van der Waals surface area (Å²) in [6.45, 7) is 0. The van der Waals surface area contributed by atoms with Crippen LogP contribution in [0.1, 0.15) is 10.6 Å². The zero-order valence-electron chi connectivity index (χ0n) is 5.71. The molecule has 0 radical (unpaired) electrons. The Balaban J connectivity index is 2.69. The summed E-state index contributed by atoms with van der Waals surface area (Å²) in [5.41, 5.74) is 0. The Hall–Kier alpha value is -1.10. The van der Waals surface area contributed by atoms with Crippen molar-refractivity contribution in [2.75, 3.05) is 0 Å². The molecule has 0 atom stereocenters. The summed E-state index contributed by atoms with van der Waals surface area (Å²) in [6, 6.07) is 2.63. The molecule has 0 aliphatic carbocycles. The minimum atomic E-state index is -4.77. The van der Waals surface area contributed by atoms with Crippen molar-refractivity contribution in [3.05, 3.63) is 24.2 Å². The minimum absolute atomic E-state index is 0.252. The van der Waals surface area contributed by atoms with Gasteiger partial charge in [0, 0.05) is 0 Å². The molecule has 66 valence electrons. The van der Waals surface area contributed by atoms with Crippen LogP contribution < -0.4 is 0 Å². The highest BCUT2D eigenvalue weighted by Gasteiger charge is 2.23. The van der Waals surface area contributed by atoms with Gasteiger partial charge in [-0.1, -0.05) is 0 Å². The molecule has 0 bridgehead atoms. The van der Waals surface area contributed by atoms with Crippen molar-refractivity contribution in [3.63, 3.8) is 0 Å². The highest BCUT2D eigenvalue weighted by molar-refractivity contribution is 7.46. The van der Waals surface area contributed by atoms with E-state index < -0.39 is 13.8 Å². The Labute approximate surface area is 67.0 Å². The van der Waals surface area contributed by atoms with Crippen LogP contribution in [0.3, 0.4) is 0 Å². The van der Waals surface area contributed by atoms with Crippen LogP contribution in [-0.2, 0) is 9.09 Å². The molecule has 0 unspecified atom stereocenters. The van der Waals surface area contributed by atoms with Crippen molar-refractivity contribution in [2.45, 2.75) is 0 Å². The Morgan fingerprint density at radius 2 is 2.25 bits per heavy atom. The van der Waals surface area contributed by atoms with Crippen LogP contribution in [0.2, 0.25) is 0 Å². The van der Waals surface area contributed by atoms with E-state index in [0.717, 1.165) is 0 Å². The maximum absolute atomic E-state index is 10.7. The van der Waals surface area contributed by atoms with E-state index in [-0.39, 0.29) is 5.76 Å². The molecule has 6 nitrogen and oxygen atoms in total. The molecule has 1 aromatic heterocycles. The van der Waals surface area contributed by atoms with Crippen molar-refractivity contribution >= 4 is 13.8 Å². The average molecular weight is 192 g/mol. The predicted octanol–water partition coefficient (Wildman–Crippen LogP) is 0.529. The van der Waals surface area contributed by atoms with Crippen LogP contribution >= 0.6 is 7.82 Å². The number of phosphoric ester groups is 1. The second kappa shape index (κ2) is 3.10. The number of carbonyl (C=O) groups is 1. The first-order valence-corrected chi connectivity index (χ1v) is 4.35. The maximum atomic E-state index is 10.7. The lowest BCUT2D eigenvalue weighted by atomic mass is 10.5. The third-order valence-corrected chi connectivity index (χ3v) is 1.33. The Bertz CT molecular complexity index is 309. The fraction of sp³-hybridized carbons (Fsp3) is 0. The van der Waals surface area contributed by atoms with E-state index in [4.69, 9.17) is 9.79 Å². The van der Waals surface area contributed by atoms with Crippen LogP contribution in [0.15, 0.2) is 22.8 Å². The molecule has 0 fully saturated rings.